The lowest BCUT2D eigenvalue weighted by Gasteiger charge is -2.19. The number of carboxylic acid groups (broad SMARTS) is 1. The fourth-order valence-corrected chi connectivity index (χ4v) is 2.67. The van der Waals surface area contributed by atoms with Crippen molar-refractivity contribution in [2.24, 2.45) is 17.4 Å². The third kappa shape index (κ3) is 3.11. The number of carbonyl (C=O) groups excluding carboxylic acids is 2. The fourth-order valence-electron chi connectivity index (χ4n) is 2.67. The molecular weight excluding hydrogens is 324 g/mol. The van der Waals surface area contributed by atoms with Gasteiger partial charge in [0, 0.05) is 6.42 Å². The number of hydrogen-bond acceptors (Lipinski definition) is 7. The van der Waals surface area contributed by atoms with Gasteiger partial charge in [0.1, 0.15) is 29.1 Å². The van der Waals surface area contributed by atoms with Crippen LogP contribution in [0, 0.1) is 5.92 Å². The first kappa shape index (κ1) is 16.7. The number of aliphatic carboxylic acids is 1. The van der Waals surface area contributed by atoms with Crippen molar-refractivity contribution in [1.82, 2.24) is 9.97 Å². The number of nitrogens with two attached hydrogens (primary N) is 2. The zero-order valence-electron chi connectivity index (χ0n) is 13.2. The van der Waals surface area contributed by atoms with Crippen LogP contribution in [-0.2, 0) is 9.59 Å². The van der Waals surface area contributed by atoms with Crippen molar-refractivity contribution in [1.29, 1.82) is 0 Å². The summed E-state index contributed by atoms with van der Waals surface area (Å²) < 4.78 is 0. The van der Waals surface area contributed by atoms with Crippen molar-refractivity contribution in [3.63, 3.8) is 0 Å². The molecule has 8 nitrogen and oxygen atoms in total. The highest BCUT2D eigenvalue weighted by atomic mass is 16.4. The maximum absolute atomic E-state index is 12.7. The Balaban J connectivity index is 1.90. The Bertz CT molecular complexity index is 922. The Labute approximate surface area is 142 Å². The predicted molar refractivity (Wildman–Crippen MR) is 89.4 cm³/mol. The zero-order chi connectivity index (χ0) is 18.1. The first-order chi connectivity index (χ1) is 11.9. The molecule has 0 amide bonds. The summed E-state index contributed by atoms with van der Waals surface area (Å²) in [5.74, 6) is -3.22. The molecule has 1 aromatic heterocycles. The molecule has 2 atom stereocenters. The molecule has 0 aliphatic heterocycles. The van der Waals surface area contributed by atoms with Crippen LogP contribution in [0.3, 0.4) is 0 Å². The lowest BCUT2D eigenvalue weighted by atomic mass is 9.87. The Morgan fingerprint density at radius 3 is 2.36 bits per heavy atom. The molecule has 1 aromatic carbocycles. The minimum Gasteiger partial charge on any atom is -0.480 e. The van der Waals surface area contributed by atoms with Gasteiger partial charge in [0.15, 0.2) is 5.78 Å². The van der Waals surface area contributed by atoms with Crippen molar-refractivity contribution in [3.05, 3.63) is 41.7 Å². The summed E-state index contributed by atoms with van der Waals surface area (Å²) in [6, 6.07) is 5.88. The number of carboxylic acids is 1. The monoisotopic (exact) mass is 340 g/mol. The van der Waals surface area contributed by atoms with E-state index < -0.39 is 29.5 Å². The van der Waals surface area contributed by atoms with E-state index in [-0.39, 0.29) is 29.9 Å². The number of rotatable bonds is 5. The molecule has 0 spiro atoms. The minimum absolute atomic E-state index is 0.0536. The largest absolute Gasteiger partial charge is 0.480 e. The molecule has 25 heavy (non-hydrogen) atoms. The van der Waals surface area contributed by atoms with Crippen LogP contribution in [0.4, 0.5) is 0 Å². The van der Waals surface area contributed by atoms with Gasteiger partial charge in [-0.25, -0.2) is 9.97 Å². The minimum atomic E-state index is -1.19. The Morgan fingerprint density at radius 2 is 1.76 bits per heavy atom. The maximum atomic E-state index is 12.7. The van der Waals surface area contributed by atoms with Crippen LogP contribution in [0.1, 0.15) is 29.0 Å². The summed E-state index contributed by atoms with van der Waals surface area (Å²) in [5, 5.41) is 8.78. The number of benzene rings is 1. The molecule has 8 heteroatoms. The quantitative estimate of drug-likeness (QED) is 0.666. The van der Waals surface area contributed by atoms with Gasteiger partial charge < -0.3 is 16.6 Å². The fraction of sp³-hybridized carbons (Fsp3) is 0.235. The van der Waals surface area contributed by atoms with E-state index in [1.807, 2.05) is 0 Å². The molecular formula is C17H16N4O4. The number of fused-ring (bicyclic) bond motifs is 2. The second kappa shape index (κ2) is 6.40. The van der Waals surface area contributed by atoms with E-state index in [4.69, 9.17) is 16.6 Å². The molecule has 5 N–H and O–H groups in total. The van der Waals surface area contributed by atoms with Gasteiger partial charge in [0.05, 0.1) is 16.7 Å². The van der Waals surface area contributed by atoms with Gasteiger partial charge in [-0.05, 0) is 24.6 Å². The normalized spacial score (nSPS) is 17.7. The second-order valence-electron chi connectivity index (χ2n) is 5.82. The summed E-state index contributed by atoms with van der Waals surface area (Å²) in [6.45, 7) is 0. The van der Waals surface area contributed by atoms with E-state index in [0.29, 0.717) is 11.0 Å². The average Bonchev–Trinajstić information content (AvgIpc) is 2.61. The molecule has 0 fully saturated rings. The Morgan fingerprint density at radius 1 is 1.16 bits per heavy atom. The Kier molecular flexibility index (Phi) is 4.28. The van der Waals surface area contributed by atoms with Gasteiger partial charge in [-0.1, -0.05) is 12.1 Å². The highest BCUT2D eigenvalue weighted by Crippen LogP contribution is 2.27. The molecule has 2 aromatic rings. The van der Waals surface area contributed by atoms with Crippen LogP contribution in [0.25, 0.3) is 16.7 Å². The summed E-state index contributed by atoms with van der Waals surface area (Å²) in [7, 11) is 0. The summed E-state index contributed by atoms with van der Waals surface area (Å²) in [6.07, 6.45) is 1.16. The van der Waals surface area contributed by atoms with Crippen molar-refractivity contribution < 1.29 is 19.5 Å². The highest BCUT2D eigenvalue weighted by molar-refractivity contribution is 6.15. The smallest absolute Gasteiger partial charge is 0.320 e. The molecule has 1 unspecified atom stereocenters. The number of aromatic nitrogens is 2. The number of carbonyl (C=O) groups is 3. The van der Waals surface area contributed by atoms with Gasteiger partial charge in [-0.15, -0.1) is 0 Å². The molecule has 0 bridgehead atoms. The van der Waals surface area contributed by atoms with Crippen LogP contribution in [0.2, 0.25) is 0 Å². The zero-order valence-corrected chi connectivity index (χ0v) is 13.2. The van der Waals surface area contributed by atoms with Crippen LogP contribution in [-0.4, -0.2) is 38.7 Å². The first-order valence-electron chi connectivity index (χ1n) is 7.68. The van der Waals surface area contributed by atoms with Crippen molar-refractivity contribution in [3.8, 4) is 0 Å². The van der Waals surface area contributed by atoms with Crippen LogP contribution in [0.15, 0.2) is 30.3 Å². The van der Waals surface area contributed by atoms with Gasteiger partial charge in [-0.2, -0.15) is 0 Å². The lowest BCUT2D eigenvalue weighted by Crippen LogP contribution is -2.33. The number of ketones is 2. The molecule has 1 aliphatic carbocycles. The van der Waals surface area contributed by atoms with Gasteiger partial charge in [0.2, 0.25) is 0 Å². The van der Waals surface area contributed by atoms with Crippen molar-refractivity contribution in [2.75, 3.05) is 0 Å². The number of allylic oxidation sites excluding steroid dienone is 1. The summed E-state index contributed by atoms with van der Waals surface area (Å²) >= 11 is 0. The topological polar surface area (TPSA) is 149 Å². The van der Waals surface area contributed by atoms with Crippen LogP contribution < -0.4 is 11.5 Å². The maximum Gasteiger partial charge on any atom is 0.320 e. The third-order valence-electron chi connectivity index (χ3n) is 4.07. The molecule has 128 valence electrons. The van der Waals surface area contributed by atoms with Gasteiger partial charge >= 0.3 is 5.97 Å². The lowest BCUT2D eigenvalue weighted by molar-refractivity contribution is -0.138. The van der Waals surface area contributed by atoms with E-state index in [0.717, 1.165) is 0 Å². The summed E-state index contributed by atoms with van der Waals surface area (Å²) in [5.41, 5.74) is 13.0. The second-order valence-corrected chi connectivity index (χ2v) is 5.82. The predicted octanol–water partition coefficient (Wildman–Crippen LogP) is 0.503. The molecule has 0 saturated heterocycles. The average molecular weight is 340 g/mol. The van der Waals surface area contributed by atoms with E-state index in [1.165, 1.54) is 6.08 Å². The molecule has 0 saturated carbocycles. The summed E-state index contributed by atoms with van der Waals surface area (Å²) in [4.78, 5) is 44.4. The van der Waals surface area contributed by atoms with E-state index in [2.05, 4.69) is 9.97 Å². The SMILES string of the molecule is NC1=CC(C(=O)CC[C@H](N)C(=O)O)C(=O)c2nc3ccccc3nc21. The van der Waals surface area contributed by atoms with E-state index >= 15 is 0 Å². The number of hydrogen-bond donors (Lipinski definition) is 3. The molecule has 1 heterocycles. The van der Waals surface area contributed by atoms with E-state index in [9.17, 15) is 14.4 Å². The number of Topliss-reactive ketones (excluding diaryl/α,β-unsaturated/α-hetero) is 2. The molecule has 1 aliphatic rings. The van der Waals surface area contributed by atoms with Crippen LogP contribution in [0.5, 0.6) is 0 Å². The van der Waals surface area contributed by atoms with E-state index in [1.54, 1.807) is 24.3 Å². The van der Waals surface area contributed by atoms with Gasteiger partial charge in [0.25, 0.3) is 0 Å². The van der Waals surface area contributed by atoms with Crippen molar-refractivity contribution in [2.45, 2.75) is 18.9 Å². The third-order valence-corrected chi connectivity index (χ3v) is 4.07. The number of para-hydroxylation sites is 2. The van der Waals surface area contributed by atoms with Gasteiger partial charge in [-0.3, -0.25) is 14.4 Å². The molecule has 3 rings (SSSR count). The van der Waals surface area contributed by atoms with Crippen LogP contribution >= 0.6 is 0 Å². The number of nitrogens with zero attached hydrogens (tertiary/aromatic N) is 2. The molecule has 0 radical (unpaired) electrons. The van der Waals surface area contributed by atoms with Crippen molar-refractivity contribution >= 4 is 34.3 Å². The Hall–Kier alpha value is -3.13. The first-order valence-corrected chi connectivity index (χ1v) is 7.68. The highest BCUT2D eigenvalue weighted by Gasteiger charge is 2.34. The standard InChI is InChI=1S/C17H16N4O4/c18-9(17(24)25)5-6-13(22)8-7-10(19)14-15(16(8)23)21-12-4-2-1-3-11(12)20-14/h1-4,7-9H,5-6,18-19H2,(H,24,25)/t8?,9-/m0/s1.